The van der Waals surface area contributed by atoms with Crippen LogP contribution in [-0.4, -0.2) is 30.8 Å². The first-order valence-electron chi connectivity index (χ1n) is 1.18. The predicted molar refractivity (Wildman–Crippen MR) is 22.0 cm³/mol. The molecule has 0 aromatic rings. The van der Waals surface area contributed by atoms with Gasteiger partial charge in [0.2, 0.25) is 0 Å². The molecule has 58 valence electrons. The van der Waals surface area contributed by atoms with Crippen LogP contribution in [0.2, 0.25) is 0 Å². The van der Waals surface area contributed by atoms with Gasteiger partial charge in [0.05, 0.1) is 11.4 Å². The van der Waals surface area contributed by atoms with Gasteiger partial charge >= 0.3 is 132 Å². The average Bonchev–Trinajstić information content (AvgIpc) is 1.19. The van der Waals surface area contributed by atoms with Crippen molar-refractivity contribution in [3.63, 3.8) is 0 Å². The van der Waals surface area contributed by atoms with Gasteiger partial charge in [-0.3, -0.25) is 8.42 Å². The van der Waals surface area contributed by atoms with Crippen molar-refractivity contribution in [2.24, 2.45) is 0 Å². The summed E-state index contributed by atoms with van der Waals surface area (Å²) in [6, 6.07) is 0. The van der Waals surface area contributed by atoms with Crippen LogP contribution in [0.3, 0.4) is 0 Å². The second kappa shape index (κ2) is 17.6. The topological polar surface area (TPSA) is 141 Å². The summed E-state index contributed by atoms with van der Waals surface area (Å²) in [5.74, 6) is 0. The molecule has 0 saturated heterocycles. The van der Waals surface area contributed by atoms with E-state index in [1.54, 1.807) is 0 Å². The van der Waals surface area contributed by atoms with Gasteiger partial charge in [0.15, 0.2) is 0 Å². The van der Waals surface area contributed by atoms with E-state index in [0.29, 0.717) is 0 Å². The molecule has 0 radical (unpaired) electrons. The Labute approximate surface area is 180 Å². The maximum absolute atomic E-state index is 8.56. The molecular formula is HK2NaO7S2. The van der Waals surface area contributed by atoms with E-state index in [1.165, 1.54) is 0 Å². The van der Waals surface area contributed by atoms with Crippen LogP contribution in [0, 0.1) is 0 Å². The molecule has 0 rings (SSSR count). The minimum absolute atomic E-state index is 0. The average molecular weight is 278 g/mol. The Morgan fingerprint density at radius 3 is 1.17 bits per heavy atom. The van der Waals surface area contributed by atoms with Crippen molar-refractivity contribution >= 4 is 21.8 Å². The monoisotopic (exact) mass is 278 g/mol. The first-order chi connectivity index (χ1) is 3.73. The van der Waals surface area contributed by atoms with E-state index in [0.717, 1.165) is 0 Å². The van der Waals surface area contributed by atoms with Crippen LogP contribution in [-0.2, 0) is 21.8 Å². The second-order valence-corrected chi connectivity index (χ2v) is 1.88. The first kappa shape index (κ1) is 29.8. The van der Waals surface area contributed by atoms with E-state index in [4.69, 9.17) is 30.8 Å². The Bertz CT molecular complexity index is 162. The number of hydrogen-bond acceptors (Lipinski definition) is 6. The molecule has 0 aliphatic heterocycles. The van der Waals surface area contributed by atoms with Gasteiger partial charge in [-0.05, 0) is 0 Å². The summed E-state index contributed by atoms with van der Waals surface area (Å²) in [5.41, 5.74) is 0. The van der Waals surface area contributed by atoms with Crippen LogP contribution in [0.4, 0.5) is 0 Å². The van der Waals surface area contributed by atoms with Gasteiger partial charge in [-0.25, -0.2) is 4.21 Å². The normalized spacial score (nSPS) is 10.0. The van der Waals surface area contributed by atoms with Crippen LogP contribution in [0.1, 0.15) is 0 Å². The van der Waals surface area contributed by atoms with Gasteiger partial charge in [-0.1, -0.05) is 0 Å². The van der Waals surface area contributed by atoms with E-state index in [9.17, 15) is 0 Å². The zero-order valence-corrected chi connectivity index (χ0v) is 16.6. The minimum Gasteiger partial charge on any atom is -0.759 e. The van der Waals surface area contributed by atoms with Gasteiger partial charge in [-0.15, -0.1) is 0 Å². The van der Waals surface area contributed by atoms with Crippen LogP contribution in [0.25, 0.3) is 0 Å². The zero-order valence-electron chi connectivity index (χ0n) is 6.71. The largest absolute Gasteiger partial charge is 1.00 e. The summed E-state index contributed by atoms with van der Waals surface area (Å²) < 4.78 is 58.2. The Kier molecular flexibility index (Phi) is 43.8. The molecule has 0 amide bonds. The molecule has 1 atom stereocenters. The predicted octanol–water partition coefficient (Wildman–Crippen LogP) is -11.0. The van der Waals surface area contributed by atoms with Crippen LogP contribution in [0.5, 0.6) is 0 Å². The fourth-order valence-corrected chi connectivity index (χ4v) is 0. The molecule has 0 bridgehead atoms. The van der Waals surface area contributed by atoms with Crippen LogP contribution in [0.15, 0.2) is 0 Å². The molecule has 0 heterocycles. The summed E-state index contributed by atoms with van der Waals surface area (Å²) in [4.78, 5) is 0. The summed E-state index contributed by atoms with van der Waals surface area (Å²) in [7, 11) is -5.17. The molecule has 0 spiro atoms. The second-order valence-electron chi connectivity index (χ2n) is 0.625. The fraction of sp³-hybridized carbons (Fsp3) is 0. The quantitative estimate of drug-likeness (QED) is 0.201. The molecule has 0 fully saturated rings. The summed E-state index contributed by atoms with van der Waals surface area (Å²) in [6.07, 6.45) is 0. The summed E-state index contributed by atoms with van der Waals surface area (Å²) >= 11 is -2.86. The third-order valence-corrected chi connectivity index (χ3v) is 0. The zero-order chi connectivity index (χ0) is 8.08. The third-order valence-electron chi connectivity index (χ3n) is 0. The SMILES string of the molecule is O=S(=O)([O-])[O-].O=S([O-])O.[K+].[K+].[Na+]. The van der Waals surface area contributed by atoms with Crippen molar-refractivity contribution in [1.29, 1.82) is 0 Å². The molecule has 1 N–H and O–H groups in total. The molecule has 0 aliphatic rings. The van der Waals surface area contributed by atoms with Gasteiger partial charge in [0, 0.05) is 10.4 Å². The Hall–Kier alpha value is 4.21. The minimum atomic E-state index is -5.17. The fourth-order valence-electron chi connectivity index (χ4n) is 0. The molecule has 12 heavy (non-hydrogen) atoms. The third kappa shape index (κ3) is 140. The van der Waals surface area contributed by atoms with E-state index < -0.39 is 21.8 Å². The van der Waals surface area contributed by atoms with E-state index in [2.05, 4.69) is 0 Å². The maximum Gasteiger partial charge on any atom is 1.00 e. The van der Waals surface area contributed by atoms with Gasteiger partial charge in [-0.2, -0.15) is 0 Å². The molecule has 7 nitrogen and oxygen atoms in total. The van der Waals surface area contributed by atoms with Crippen molar-refractivity contribution in [2.45, 2.75) is 0 Å². The van der Waals surface area contributed by atoms with Gasteiger partial charge in [0.25, 0.3) is 0 Å². The van der Waals surface area contributed by atoms with Crippen molar-refractivity contribution in [3.05, 3.63) is 0 Å². The molecule has 0 aliphatic carbocycles. The smallest absolute Gasteiger partial charge is 0.759 e. The molecule has 0 aromatic carbocycles. The Balaban J connectivity index is -0.0000000221. The first-order valence-corrected chi connectivity index (χ1v) is 3.55. The Morgan fingerprint density at radius 2 is 1.17 bits per heavy atom. The molecule has 1 unspecified atom stereocenters. The van der Waals surface area contributed by atoms with E-state index in [-0.39, 0.29) is 132 Å². The number of rotatable bonds is 0. The van der Waals surface area contributed by atoms with Crippen molar-refractivity contribution in [1.82, 2.24) is 0 Å². The van der Waals surface area contributed by atoms with Crippen LogP contribution >= 0.6 is 0 Å². The summed E-state index contributed by atoms with van der Waals surface area (Å²) in [6.45, 7) is 0. The molecule has 0 aromatic heterocycles. The van der Waals surface area contributed by atoms with E-state index >= 15 is 0 Å². The maximum atomic E-state index is 8.56. The summed E-state index contributed by atoms with van der Waals surface area (Å²) in [5, 5.41) is 0. The van der Waals surface area contributed by atoms with Crippen molar-refractivity contribution in [2.75, 3.05) is 0 Å². The number of hydrogen-bond donors (Lipinski definition) is 1. The molecule has 0 saturated carbocycles. The van der Waals surface area contributed by atoms with E-state index in [1.807, 2.05) is 0 Å². The van der Waals surface area contributed by atoms with Gasteiger partial charge < -0.3 is 18.2 Å². The van der Waals surface area contributed by atoms with Gasteiger partial charge in [0.1, 0.15) is 0 Å². The molecular weight excluding hydrogens is 277 g/mol. The molecule has 12 heteroatoms. The van der Waals surface area contributed by atoms with Crippen molar-refractivity contribution < 1.29 is 163 Å². The standard InChI is InChI=1S/2K.Na.H2O4S.H2O3S/c;;;1-5(2,3)4;1-4(2)3/h;;;(H2,1,2,3,4);(H2,1,2,3)/q3*+1;;/p-3. The van der Waals surface area contributed by atoms with Crippen LogP contribution < -0.4 is 132 Å². The Morgan fingerprint density at radius 1 is 1.17 bits per heavy atom. The van der Waals surface area contributed by atoms with Crippen molar-refractivity contribution in [3.8, 4) is 0 Å².